The number of aromatic nitrogens is 1. The maximum atomic E-state index is 11.6. The van der Waals surface area contributed by atoms with Gasteiger partial charge in [-0.2, -0.15) is 0 Å². The molecule has 90 valence electrons. The van der Waals surface area contributed by atoms with Gasteiger partial charge in [0, 0.05) is 18.1 Å². The molecule has 2 heteroatoms. The van der Waals surface area contributed by atoms with Gasteiger partial charge in [0.15, 0.2) is 5.43 Å². The van der Waals surface area contributed by atoms with E-state index in [1.54, 1.807) is 12.1 Å². The molecule has 1 aromatic carbocycles. The van der Waals surface area contributed by atoms with Crippen molar-refractivity contribution in [2.75, 3.05) is 0 Å². The van der Waals surface area contributed by atoms with Gasteiger partial charge in [0.25, 0.3) is 0 Å². The van der Waals surface area contributed by atoms with Crippen molar-refractivity contribution < 1.29 is 0 Å². The van der Waals surface area contributed by atoms with Gasteiger partial charge in [0.05, 0.1) is 5.69 Å². The molecule has 0 radical (unpaired) electrons. The predicted octanol–water partition coefficient (Wildman–Crippen LogP) is 3.52. The maximum Gasteiger partial charge on any atom is 0.180 e. The Morgan fingerprint density at radius 1 is 1.06 bits per heavy atom. The van der Waals surface area contributed by atoms with Gasteiger partial charge in [0.1, 0.15) is 0 Å². The molecule has 0 spiro atoms. The third-order valence-corrected chi connectivity index (χ3v) is 3.28. The highest BCUT2D eigenvalue weighted by Crippen LogP contribution is 2.27. The highest BCUT2D eigenvalue weighted by Gasteiger charge is 2.10. The summed E-state index contributed by atoms with van der Waals surface area (Å²) in [4.78, 5) is 11.6. The molecule has 0 bridgehead atoms. The predicted molar refractivity (Wildman–Crippen MR) is 75.1 cm³/mol. The molecule has 1 aliphatic carbocycles. The van der Waals surface area contributed by atoms with E-state index in [0.29, 0.717) is 0 Å². The van der Waals surface area contributed by atoms with Gasteiger partial charge < -0.3 is 4.57 Å². The quantitative estimate of drug-likeness (QED) is 0.625. The summed E-state index contributed by atoms with van der Waals surface area (Å²) in [6.45, 7) is 3.09. The molecule has 18 heavy (non-hydrogen) atoms. The smallest absolute Gasteiger partial charge is 0.180 e. The summed E-state index contributed by atoms with van der Waals surface area (Å²) in [7, 11) is 0. The molecular weight excluding hydrogens is 222 g/mol. The number of hydrogen-bond acceptors (Lipinski definition) is 1. The summed E-state index contributed by atoms with van der Waals surface area (Å²) in [5.41, 5.74) is 3.42. The van der Waals surface area contributed by atoms with Crippen LogP contribution >= 0.6 is 0 Å². The van der Waals surface area contributed by atoms with Crippen molar-refractivity contribution in [1.29, 1.82) is 0 Å². The zero-order valence-electron chi connectivity index (χ0n) is 10.4. The standard InChI is InChI=1S/C16H15NO/c1-2-9-17-15-6-4-3-5-12(15)10-13-7-8-14(18)11-16(13)17/h3-8,10-11H,2,9H2,1H3. The van der Waals surface area contributed by atoms with Gasteiger partial charge in [-0.25, -0.2) is 0 Å². The molecule has 0 saturated heterocycles. The van der Waals surface area contributed by atoms with E-state index in [1.807, 2.05) is 18.2 Å². The van der Waals surface area contributed by atoms with Gasteiger partial charge in [-0.05, 0) is 41.6 Å². The summed E-state index contributed by atoms with van der Waals surface area (Å²) in [6, 6.07) is 15.7. The lowest BCUT2D eigenvalue weighted by Gasteiger charge is -2.18. The van der Waals surface area contributed by atoms with E-state index < -0.39 is 0 Å². The Morgan fingerprint density at radius 2 is 1.89 bits per heavy atom. The molecule has 0 fully saturated rings. The second kappa shape index (κ2) is 4.30. The summed E-state index contributed by atoms with van der Waals surface area (Å²) < 4.78 is 2.24. The number of pyridine rings is 1. The van der Waals surface area contributed by atoms with Crippen LogP contribution in [0.4, 0.5) is 0 Å². The second-order valence-electron chi connectivity index (χ2n) is 4.58. The molecule has 3 rings (SSSR count). The molecule has 0 N–H and O–H groups in total. The van der Waals surface area contributed by atoms with E-state index in [-0.39, 0.29) is 5.43 Å². The fourth-order valence-electron chi connectivity index (χ4n) is 2.50. The number of fused-ring (bicyclic) bond motifs is 2. The first-order valence-electron chi connectivity index (χ1n) is 6.32. The van der Waals surface area contributed by atoms with Crippen LogP contribution in [0.15, 0.2) is 53.3 Å². The molecule has 2 nitrogen and oxygen atoms in total. The lowest BCUT2D eigenvalue weighted by Crippen LogP contribution is -2.09. The minimum Gasteiger partial charge on any atom is -0.340 e. The zero-order chi connectivity index (χ0) is 12.5. The molecule has 1 aliphatic heterocycles. The van der Waals surface area contributed by atoms with Crippen LogP contribution in [-0.2, 0) is 6.54 Å². The summed E-state index contributed by atoms with van der Waals surface area (Å²) in [5, 5.41) is 1.22. The third kappa shape index (κ3) is 1.70. The van der Waals surface area contributed by atoms with Crippen LogP contribution in [0.3, 0.4) is 0 Å². The Morgan fingerprint density at radius 3 is 2.72 bits per heavy atom. The molecule has 0 unspecified atom stereocenters. The first kappa shape index (κ1) is 11.0. The van der Waals surface area contributed by atoms with Crippen molar-refractivity contribution in [2.45, 2.75) is 19.9 Å². The SMILES string of the molecule is CCCn1c2cc(=O)ccc-2cc2ccccc21. The van der Waals surface area contributed by atoms with Gasteiger partial charge >= 0.3 is 0 Å². The molecule has 0 atom stereocenters. The lowest BCUT2D eigenvalue weighted by molar-refractivity contribution is 0.704. The van der Waals surface area contributed by atoms with Crippen molar-refractivity contribution in [2.24, 2.45) is 0 Å². The first-order valence-corrected chi connectivity index (χ1v) is 6.32. The monoisotopic (exact) mass is 237 g/mol. The summed E-state index contributed by atoms with van der Waals surface area (Å²) >= 11 is 0. The highest BCUT2D eigenvalue weighted by molar-refractivity contribution is 5.86. The fraction of sp³-hybridized carbons (Fsp3) is 0.188. The highest BCUT2D eigenvalue weighted by atomic mass is 16.1. The number of para-hydroxylation sites is 1. The fourth-order valence-corrected chi connectivity index (χ4v) is 2.50. The van der Waals surface area contributed by atoms with Crippen LogP contribution in [-0.4, -0.2) is 4.57 Å². The zero-order valence-corrected chi connectivity index (χ0v) is 10.4. The molecule has 0 amide bonds. The van der Waals surface area contributed by atoms with Crippen molar-refractivity contribution in [3.05, 3.63) is 58.8 Å². The van der Waals surface area contributed by atoms with E-state index in [4.69, 9.17) is 0 Å². The van der Waals surface area contributed by atoms with E-state index in [1.165, 1.54) is 10.9 Å². The number of benzene rings is 2. The normalized spacial score (nSPS) is 11.2. The second-order valence-corrected chi connectivity index (χ2v) is 4.58. The Kier molecular flexibility index (Phi) is 2.63. The molecular formula is C16H15NO. The van der Waals surface area contributed by atoms with Crippen LogP contribution in [0.25, 0.3) is 22.2 Å². The average Bonchev–Trinajstić information content (AvgIpc) is 2.39. The Bertz CT molecular complexity index is 727. The minimum absolute atomic E-state index is 0.0719. The summed E-state index contributed by atoms with van der Waals surface area (Å²) in [6.07, 6.45) is 1.05. The topological polar surface area (TPSA) is 22.0 Å². The van der Waals surface area contributed by atoms with Gasteiger partial charge in [0.2, 0.25) is 0 Å². The lowest BCUT2D eigenvalue weighted by atomic mass is 10.0. The van der Waals surface area contributed by atoms with Crippen LogP contribution in [0.1, 0.15) is 13.3 Å². The van der Waals surface area contributed by atoms with Crippen molar-refractivity contribution in [1.82, 2.24) is 4.57 Å². The van der Waals surface area contributed by atoms with Gasteiger partial charge in [-0.3, -0.25) is 4.79 Å². The van der Waals surface area contributed by atoms with Gasteiger partial charge in [-0.15, -0.1) is 0 Å². The summed E-state index contributed by atoms with van der Waals surface area (Å²) in [5.74, 6) is 0. The largest absolute Gasteiger partial charge is 0.340 e. The van der Waals surface area contributed by atoms with Crippen molar-refractivity contribution in [3.8, 4) is 11.3 Å². The van der Waals surface area contributed by atoms with Crippen LogP contribution < -0.4 is 5.43 Å². The van der Waals surface area contributed by atoms with E-state index in [9.17, 15) is 4.79 Å². The molecule has 0 aromatic heterocycles. The molecule has 0 saturated carbocycles. The minimum atomic E-state index is 0.0719. The van der Waals surface area contributed by atoms with E-state index >= 15 is 0 Å². The van der Waals surface area contributed by atoms with Gasteiger partial charge in [-0.1, -0.05) is 25.1 Å². The van der Waals surface area contributed by atoms with E-state index in [2.05, 4.69) is 29.7 Å². The number of nitrogens with zero attached hydrogens (tertiary/aromatic N) is 1. The maximum absolute atomic E-state index is 11.6. The Balaban J connectivity index is 2.47. The Hall–Kier alpha value is -2.09. The number of rotatable bonds is 2. The molecule has 2 aliphatic rings. The van der Waals surface area contributed by atoms with E-state index in [0.717, 1.165) is 24.2 Å². The number of hydrogen-bond donors (Lipinski definition) is 0. The average molecular weight is 237 g/mol. The van der Waals surface area contributed by atoms with Crippen molar-refractivity contribution >= 4 is 10.9 Å². The van der Waals surface area contributed by atoms with Crippen LogP contribution in [0.2, 0.25) is 0 Å². The molecule has 1 aromatic rings. The van der Waals surface area contributed by atoms with Crippen molar-refractivity contribution in [3.63, 3.8) is 0 Å². The Labute approximate surface area is 106 Å². The third-order valence-electron chi connectivity index (χ3n) is 3.28. The first-order chi connectivity index (χ1) is 8.79. The van der Waals surface area contributed by atoms with Crippen LogP contribution in [0, 0.1) is 0 Å². The number of aryl methyl sites for hydroxylation is 1. The molecule has 1 heterocycles. The van der Waals surface area contributed by atoms with Crippen LogP contribution in [0.5, 0.6) is 0 Å².